The van der Waals surface area contributed by atoms with Gasteiger partial charge in [0.05, 0.1) is 12.5 Å². The first-order chi connectivity index (χ1) is 12.6. The minimum Gasteiger partial charge on any atom is -0.469 e. The Labute approximate surface area is 164 Å². The molecule has 4 atom stereocenters. The number of carbonyl (C=O) groups is 2. The molecule has 4 nitrogen and oxygen atoms in total. The van der Waals surface area contributed by atoms with Crippen LogP contribution in [-0.2, 0) is 19.1 Å². The van der Waals surface area contributed by atoms with E-state index in [1.54, 1.807) is 0 Å². The van der Waals surface area contributed by atoms with E-state index in [0.717, 1.165) is 44.9 Å². The fourth-order valence-electron chi connectivity index (χ4n) is 5.74. The molecule has 0 aromatic carbocycles. The van der Waals surface area contributed by atoms with Gasteiger partial charge in [0, 0.05) is 6.92 Å². The van der Waals surface area contributed by atoms with Gasteiger partial charge in [-0.2, -0.15) is 0 Å². The predicted octanol–water partition coefficient (Wildman–Crippen LogP) is 5.23. The SMILES string of the molecule is C=C1CC[C@@H]2[C@](C)(CCC[C@]2(C)C(=O)OC)[C@H]1CC/C(C)=C/COC(C)=O. The molecule has 0 bridgehead atoms. The molecule has 0 saturated heterocycles. The lowest BCUT2D eigenvalue weighted by atomic mass is 9.46. The van der Waals surface area contributed by atoms with Gasteiger partial charge in [0.15, 0.2) is 0 Å². The summed E-state index contributed by atoms with van der Waals surface area (Å²) in [6, 6.07) is 0. The van der Waals surface area contributed by atoms with Crippen molar-refractivity contribution in [1.82, 2.24) is 0 Å². The average Bonchev–Trinajstić information content (AvgIpc) is 2.59. The van der Waals surface area contributed by atoms with Gasteiger partial charge < -0.3 is 9.47 Å². The van der Waals surface area contributed by atoms with E-state index in [0.29, 0.717) is 18.4 Å². The fraction of sp³-hybridized carbons (Fsp3) is 0.739. The van der Waals surface area contributed by atoms with Gasteiger partial charge in [-0.1, -0.05) is 31.1 Å². The molecular weight excluding hydrogens is 340 g/mol. The molecule has 0 unspecified atom stereocenters. The Morgan fingerprint density at radius 2 is 1.96 bits per heavy atom. The minimum atomic E-state index is -0.388. The molecule has 2 aliphatic rings. The first-order valence-corrected chi connectivity index (χ1v) is 10.2. The monoisotopic (exact) mass is 376 g/mol. The first-order valence-electron chi connectivity index (χ1n) is 10.2. The topological polar surface area (TPSA) is 52.6 Å². The number of methoxy groups -OCH3 is 1. The molecule has 4 heteroatoms. The molecule has 2 saturated carbocycles. The van der Waals surface area contributed by atoms with Gasteiger partial charge in [0.2, 0.25) is 0 Å². The third kappa shape index (κ3) is 4.47. The van der Waals surface area contributed by atoms with Gasteiger partial charge in [-0.05, 0) is 75.7 Å². The van der Waals surface area contributed by atoms with Crippen molar-refractivity contribution < 1.29 is 19.1 Å². The molecule has 0 heterocycles. The lowest BCUT2D eigenvalue weighted by Gasteiger charge is -2.57. The standard InChI is InChI=1S/C23H36O4/c1-16(12-15-27-18(3)24)8-10-19-17(2)9-11-20-22(19,4)13-7-14-23(20,5)21(25)26-6/h12,19-20H,2,7-11,13-15H2,1,3-6H3/b16-12+/t19-,20+,22+,23-/m0/s1. The smallest absolute Gasteiger partial charge is 0.311 e. The summed E-state index contributed by atoms with van der Waals surface area (Å²) < 4.78 is 10.2. The zero-order valence-electron chi connectivity index (χ0n) is 17.7. The Balaban J connectivity index is 2.15. The van der Waals surface area contributed by atoms with Crippen LogP contribution < -0.4 is 0 Å². The highest BCUT2D eigenvalue weighted by molar-refractivity contribution is 5.77. The van der Waals surface area contributed by atoms with Crippen molar-refractivity contribution in [2.45, 2.75) is 72.6 Å². The van der Waals surface area contributed by atoms with Crippen molar-refractivity contribution in [3.05, 3.63) is 23.8 Å². The van der Waals surface area contributed by atoms with E-state index in [1.165, 1.54) is 25.2 Å². The Morgan fingerprint density at radius 1 is 1.26 bits per heavy atom. The summed E-state index contributed by atoms with van der Waals surface area (Å²) in [4.78, 5) is 23.5. The van der Waals surface area contributed by atoms with Crippen LogP contribution in [0.5, 0.6) is 0 Å². The number of fused-ring (bicyclic) bond motifs is 1. The molecule has 152 valence electrons. The van der Waals surface area contributed by atoms with Crippen molar-refractivity contribution in [2.75, 3.05) is 13.7 Å². The highest BCUT2D eigenvalue weighted by atomic mass is 16.5. The summed E-state index contributed by atoms with van der Waals surface area (Å²) in [5.74, 6) is 0.450. The van der Waals surface area contributed by atoms with E-state index in [1.807, 2.05) is 6.08 Å². The van der Waals surface area contributed by atoms with Crippen LogP contribution in [0.1, 0.15) is 72.6 Å². The normalized spacial score (nSPS) is 34.0. The number of allylic oxidation sites excluding steroid dienone is 2. The van der Waals surface area contributed by atoms with Crippen molar-refractivity contribution in [3.8, 4) is 0 Å². The van der Waals surface area contributed by atoms with Crippen LogP contribution in [-0.4, -0.2) is 25.7 Å². The van der Waals surface area contributed by atoms with E-state index < -0.39 is 0 Å². The lowest BCUT2D eigenvalue weighted by molar-refractivity contribution is -0.168. The Morgan fingerprint density at radius 3 is 2.59 bits per heavy atom. The van der Waals surface area contributed by atoms with Crippen LogP contribution in [0.15, 0.2) is 23.8 Å². The summed E-state index contributed by atoms with van der Waals surface area (Å²) in [5.41, 5.74) is 2.27. The Bertz CT molecular complexity index is 620. The van der Waals surface area contributed by atoms with E-state index in [2.05, 4.69) is 27.4 Å². The van der Waals surface area contributed by atoms with Crippen molar-refractivity contribution in [3.63, 3.8) is 0 Å². The van der Waals surface area contributed by atoms with E-state index in [4.69, 9.17) is 9.47 Å². The van der Waals surface area contributed by atoms with Crippen molar-refractivity contribution >= 4 is 11.9 Å². The number of ether oxygens (including phenoxy) is 2. The summed E-state index contributed by atoms with van der Waals surface area (Å²) in [7, 11) is 1.51. The van der Waals surface area contributed by atoms with Gasteiger partial charge in [-0.3, -0.25) is 9.59 Å². The Kier molecular flexibility index (Phi) is 6.93. The molecule has 27 heavy (non-hydrogen) atoms. The maximum atomic E-state index is 12.6. The Hall–Kier alpha value is -1.58. The molecule has 0 aromatic rings. The number of hydrogen-bond donors (Lipinski definition) is 0. The number of rotatable bonds is 6. The highest BCUT2D eigenvalue weighted by Crippen LogP contribution is 2.62. The van der Waals surface area contributed by atoms with Crippen LogP contribution >= 0.6 is 0 Å². The van der Waals surface area contributed by atoms with Gasteiger partial charge in [0.1, 0.15) is 6.61 Å². The molecule has 0 spiro atoms. The zero-order valence-corrected chi connectivity index (χ0v) is 17.7. The van der Waals surface area contributed by atoms with Crippen LogP contribution in [0, 0.1) is 22.7 Å². The van der Waals surface area contributed by atoms with Gasteiger partial charge in [-0.15, -0.1) is 0 Å². The minimum absolute atomic E-state index is 0.0536. The molecule has 0 radical (unpaired) electrons. The van der Waals surface area contributed by atoms with Crippen LogP contribution in [0.4, 0.5) is 0 Å². The molecular formula is C23H36O4. The average molecular weight is 377 g/mol. The second-order valence-corrected chi connectivity index (χ2v) is 8.96. The third-order valence-electron chi connectivity index (χ3n) is 7.22. The zero-order chi connectivity index (χ0) is 20.2. The van der Waals surface area contributed by atoms with Crippen LogP contribution in [0.25, 0.3) is 0 Å². The van der Waals surface area contributed by atoms with E-state index in [-0.39, 0.29) is 22.8 Å². The molecule has 2 aliphatic carbocycles. The third-order valence-corrected chi connectivity index (χ3v) is 7.22. The van der Waals surface area contributed by atoms with Crippen molar-refractivity contribution in [2.24, 2.45) is 22.7 Å². The number of hydrogen-bond acceptors (Lipinski definition) is 4. The van der Waals surface area contributed by atoms with Crippen LogP contribution in [0.3, 0.4) is 0 Å². The first kappa shape index (κ1) is 21.7. The number of esters is 2. The van der Waals surface area contributed by atoms with Gasteiger partial charge >= 0.3 is 11.9 Å². The summed E-state index contributed by atoms with van der Waals surface area (Å²) in [6.07, 6.45) is 9.13. The molecule has 0 N–H and O–H groups in total. The van der Waals surface area contributed by atoms with Crippen LogP contribution in [0.2, 0.25) is 0 Å². The largest absolute Gasteiger partial charge is 0.469 e. The molecule has 0 aliphatic heterocycles. The van der Waals surface area contributed by atoms with Gasteiger partial charge in [0.25, 0.3) is 0 Å². The molecule has 0 amide bonds. The molecule has 2 rings (SSSR count). The maximum absolute atomic E-state index is 12.6. The second-order valence-electron chi connectivity index (χ2n) is 8.96. The molecule has 2 fully saturated rings. The second kappa shape index (κ2) is 8.62. The fourth-order valence-corrected chi connectivity index (χ4v) is 5.74. The molecule has 0 aromatic heterocycles. The summed E-state index contributed by atoms with van der Waals surface area (Å²) in [6.45, 7) is 12.7. The van der Waals surface area contributed by atoms with E-state index >= 15 is 0 Å². The maximum Gasteiger partial charge on any atom is 0.311 e. The number of carbonyl (C=O) groups excluding carboxylic acids is 2. The predicted molar refractivity (Wildman–Crippen MR) is 107 cm³/mol. The quantitative estimate of drug-likeness (QED) is 0.470. The highest BCUT2D eigenvalue weighted by Gasteiger charge is 2.57. The summed E-state index contributed by atoms with van der Waals surface area (Å²) in [5, 5.41) is 0. The summed E-state index contributed by atoms with van der Waals surface area (Å²) >= 11 is 0. The van der Waals surface area contributed by atoms with Gasteiger partial charge in [-0.25, -0.2) is 0 Å². The lowest BCUT2D eigenvalue weighted by Crippen LogP contribution is -2.53. The van der Waals surface area contributed by atoms with E-state index in [9.17, 15) is 9.59 Å². The van der Waals surface area contributed by atoms with Crippen molar-refractivity contribution in [1.29, 1.82) is 0 Å².